The van der Waals surface area contributed by atoms with Crippen molar-refractivity contribution in [3.8, 4) is 22.8 Å². The van der Waals surface area contributed by atoms with E-state index >= 15 is 0 Å². The van der Waals surface area contributed by atoms with Crippen LogP contribution in [-0.4, -0.2) is 30.1 Å². The molecule has 0 spiro atoms. The zero-order valence-corrected chi connectivity index (χ0v) is 17.0. The van der Waals surface area contributed by atoms with Crippen LogP contribution in [-0.2, 0) is 0 Å². The summed E-state index contributed by atoms with van der Waals surface area (Å²) in [4.78, 5) is 22.1. The normalized spacial score (nSPS) is 10.6. The molecule has 2 aromatic carbocycles. The SMILES string of the molecule is COc1ccc(-c2cc(C(=O)Nc3ccc(C)cn3)c3ccccc3n2)cc1OC. The van der Waals surface area contributed by atoms with Crippen LogP contribution in [0, 0.1) is 6.92 Å². The lowest BCUT2D eigenvalue weighted by Gasteiger charge is -2.12. The molecule has 0 saturated heterocycles. The van der Waals surface area contributed by atoms with Gasteiger partial charge in [-0.15, -0.1) is 0 Å². The number of amides is 1. The van der Waals surface area contributed by atoms with Gasteiger partial charge in [-0.25, -0.2) is 9.97 Å². The molecule has 2 heterocycles. The Bertz CT molecular complexity index is 1220. The number of aryl methyl sites for hydroxylation is 1. The maximum Gasteiger partial charge on any atom is 0.257 e. The van der Waals surface area contributed by atoms with Gasteiger partial charge < -0.3 is 14.8 Å². The first-order valence-electron chi connectivity index (χ1n) is 9.45. The Balaban J connectivity index is 1.80. The van der Waals surface area contributed by atoms with Crippen molar-refractivity contribution in [2.24, 2.45) is 0 Å². The summed E-state index contributed by atoms with van der Waals surface area (Å²) in [6, 6.07) is 18.6. The topological polar surface area (TPSA) is 73.3 Å². The van der Waals surface area contributed by atoms with Crippen molar-refractivity contribution in [3.63, 3.8) is 0 Å². The molecule has 0 fully saturated rings. The molecule has 0 atom stereocenters. The lowest BCUT2D eigenvalue weighted by molar-refractivity contribution is 0.102. The van der Waals surface area contributed by atoms with Gasteiger partial charge in [0.25, 0.3) is 5.91 Å². The molecule has 0 aliphatic carbocycles. The van der Waals surface area contributed by atoms with Crippen LogP contribution in [0.4, 0.5) is 5.82 Å². The summed E-state index contributed by atoms with van der Waals surface area (Å²) in [6.07, 6.45) is 1.72. The van der Waals surface area contributed by atoms with Crippen LogP contribution in [0.3, 0.4) is 0 Å². The van der Waals surface area contributed by atoms with Gasteiger partial charge in [0, 0.05) is 17.1 Å². The Labute approximate surface area is 174 Å². The van der Waals surface area contributed by atoms with Crippen molar-refractivity contribution in [2.45, 2.75) is 6.92 Å². The molecule has 6 nitrogen and oxygen atoms in total. The van der Waals surface area contributed by atoms with Crippen LogP contribution < -0.4 is 14.8 Å². The number of pyridine rings is 2. The van der Waals surface area contributed by atoms with Crippen LogP contribution in [0.5, 0.6) is 11.5 Å². The summed E-state index contributed by atoms with van der Waals surface area (Å²) in [5, 5.41) is 3.64. The Morgan fingerprint density at radius 2 is 1.73 bits per heavy atom. The number of nitrogens with zero attached hydrogens (tertiary/aromatic N) is 2. The highest BCUT2D eigenvalue weighted by atomic mass is 16.5. The van der Waals surface area contributed by atoms with Crippen LogP contribution in [0.15, 0.2) is 66.9 Å². The summed E-state index contributed by atoms with van der Waals surface area (Å²) in [5.41, 5.74) is 3.76. The number of aromatic nitrogens is 2. The second-order valence-electron chi connectivity index (χ2n) is 6.82. The standard InChI is InChI=1S/C24H21N3O3/c1-15-8-11-23(25-14-15)27-24(28)18-13-20(26-19-7-5-4-6-17(18)19)16-9-10-21(29-2)22(12-16)30-3/h4-14H,1-3H3,(H,25,27,28). The zero-order chi connectivity index (χ0) is 21.1. The van der Waals surface area contributed by atoms with Crippen LogP contribution in [0.1, 0.15) is 15.9 Å². The molecule has 2 aromatic heterocycles. The number of carbonyl (C=O) groups is 1. The summed E-state index contributed by atoms with van der Waals surface area (Å²) in [5.74, 6) is 1.48. The summed E-state index contributed by atoms with van der Waals surface area (Å²) in [6.45, 7) is 1.95. The minimum atomic E-state index is -0.244. The van der Waals surface area contributed by atoms with E-state index in [1.54, 1.807) is 32.5 Å². The fraction of sp³-hybridized carbons (Fsp3) is 0.125. The largest absolute Gasteiger partial charge is 0.493 e. The monoisotopic (exact) mass is 399 g/mol. The molecular weight excluding hydrogens is 378 g/mol. The maximum absolute atomic E-state index is 13.1. The van der Waals surface area contributed by atoms with Crippen LogP contribution >= 0.6 is 0 Å². The predicted molar refractivity (Wildman–Crippen MR) is 117 cm³/mol. The smallest absolute Gasteiger partial charge is 0.257 e. The fourth-order valence-electron chi connectivity index (χ4n) is 3.23. The van der Waals surface area contributed by atoms with Gasteiger partial charge in [0.05, 0.1) is 31.0 Å². The van der Waals surface area contributed by atoms with E-state index in [0.29, 0.717) is 28.6 Å². The molecular formula is C24H21N3O3. The number of benzene rings is 2. The third-order valence-electron chi connectivity index (χ3n) is 4.79. The van der Waals surface area contributed by atoms with E-state index in [-0.39, 0.29) is 5.91 Å². The van der Waals surface area contributed by atoms with Crippen molar-refractivity contribution >= 4 is 22.6 Å². The first-order valence-corrected chi connectivity index (χ1v) is 9.45. The number of methoxy groups -OCH3 is 2. The van der Waals surface area contributed by atoms with E-state index in [1.165, 1.54) is 0 Å². The minimum absolute atomic E-state index is 0.244. The number of rotatable bonds is 5. The Kier molecular flexibility index (Phi) is 5.30. The number of fused-ring (bicyclic) bond motifs is 1. The molecule has 4 rings (SSSR count). The van der Waals surface area contributed by atoms with Crippen molar-refractivity contribution in [2.75, 3.05) is 19.5 Å². The Hall–Kier alpha value is -3.93. The third kappa shape index (κ3) is 3.80. The van der Waals surface area contributed by atoms with Gasteiger partial charge in [-0.1, -0.05) is 24.3 Å². The van der Waals surface area contributed by atoms with Crippen molar-refractivity contribution in [1.82, 2.24) is 9.97 Å². The molecule has 0 radical (unpaired) electrons. The van der Waals surface area contributed by atoms with Crippen molar-refractivity contribution < 1.29 is 14.3 Å². The molecule has 1 amide bonds. The maximum atomic E-state index is 13.1. The third-order valence-corrected chi connectivity index (χ3v) is 4.79. The highest BCUT2D eigenvalue weighted by Crippen LogP contribution is 2.33. The fourth-order valence-corrected chi connectivity index (χ4v) is 3.23. The van der Waals surface area contributed by atoms with E-state index in [1.807, 2.05) is 55.5 Å². The van der Waals surface area contributed by atoms with E-state index in [4.69, 9.17) is 14.5 Å². The van der Waals surface area contributed by atoms with E-state index in [2.05, 4.69) is 10.3 Å². The summed E-state index contributed by atoms with van der Waals surface area (Å²) in [7, 11) is 3.18. The Morgan fingerprint density at radius 3 is 2.47 bits per heavy atom. The van der Waals surface area contributed by atoms with Crippen LogP contribution in [0.2, 0.25) is 0 Å². The number of nitrogens with one attached hydrogen (secondary N) is 1. The predicted octanol–water partition coefficient (Wildman–Crippen LogP) is 4.87. The van der Waals surface area contributed by atoms with Gasteiger partial charge in [-0.05, 0) is 48.9 Å². The minimum Gasteiger partial charge on any atom is -0.493 e. The summed E-state index contributed by atoms with van der Waals surface area (Å²) < 4.78 is 10.7. The van der Waals surface area contributed by atoms with Crippen molar-refractivity contribution in [1.29, 1.82) is 0 Å². The number of hydrogen-bond acceptors (Lipinski definition) is 5. The molecule has 0 saturated carbocycles. The summed E-state index contributed by atoms with van der Waals surface area (Å²) >= 11 is 0. The molecule has 0 aliphatic heterocycles. The first-order chi connectivity index (χ1) is 14.6. The first kappa shape index (κ1) is 19.4. The molecule has 6 heteroatoms. The molecule has 1 N–H and O–H groups in total. The van der Waals surface area contributed by atoms with Gasteiger partial charge >= 0.3 is 0 Å². The molecule has 0 bridgehead atoms. The van der Waals surface area contributed by atoms with Crippen LogP contribution in [0.25, 0.3) is 22.2 Å². The molecule has 150 valence electrons. The van der Waals surface area contributed by atoms with E-state index < -0.39 is 0 Å². The van der Waals surface area contributed by atoms with Crippen molar-refractivity contribution in [3.05, 3.63) is 78.0 Å². The molecule has 0 unspecified atom stereocenters. The number of para-hydroxylation sites is 1. The average Bonchev–Trinajstić information content (AvgIpc) is 2.79. The van der Waals surface area contributed by atoms with Gasteiger partial charge in [0.1, 0.15) is 5.82 Å². The lowest BCUT2D eigenvalue weighted by Crippen LogP contribution is -2.14. The second kappa shape index (κ2) is 8.21. The average molecular weight is 399 g/mol. The van der Waals surface area contributed by atoms with E-state index in [0.717, 1.165) is 22.0 Å². The second-order valence-corrected chi connectivity index (χ2v) is 6.82. The van der Waals surface area contributed by atoms with Gasteiger partial charge in [0.15, 0.2) is 11.5 Å². The number of hydrogen-bond donors (Lipinski definition) is 1. The number of carbonyl (C=O) groups excluding carboxylic acids is 1. The molecule has 4 aromatic rings. The highest BCUT2D eigenvalue weighted by Gasteiger charge is 2.16. The van der Waals surface area contributed by atoms with Gasteiger partial charge in [-0.3, -0.25) is 4.79 Å². The van der Waals surface area contributed by atoms with Gasteiger partial charge in [-0.2, -0.15) is 0 Å². The van der Waals surface area contributed by atoms with Gasteiger partial charge in [0.2, 0.25) is 0 Å². The lowest BCUT2D eigenvalue weighted by atomic mass is 10.0. The molecule has 30 heavy (non-hydrogen) atoms. The Morgan fingerprint density at radius 1 is 0.933 bits per heavy atom. The zero-order valence-electron chi connectivity index (χ0n) is 17.0. The number of anilines is 1. The molecule has 0 aliphatic rings. The quantitative estimate of drug-likeness (QED) is 0.518. The highest BCUT2D eigenvalue weighted by molar-refractivity contribution is 6.12. The van der Waals surface area contributed by atoms with E-state index in [9.17, 15) is 4.79 Å². The number of ether oxygens (including phenoxy) is 2.